The largest absolute Gasteiger partial charge is 0.356 e. The molecule has 112 valence electrons. The molecule has 1 amide bonds. The van der Waals surface area contributed by atoms with Gasteiger partial charge in [-0.1, -0.05) is 46.0 Å². The van der Waals surface area contributed by atoms with Gasteiger partial charge in [-0.15, -0.1) is 0 Å². The molecule has 3 nitrogen and oxygen atoms in total. The molecule has 3 heteroatoms. The second-order valence-corrected chi connectivity index (χ2v) is 5.22. The highest BCUT2D eigenvalue weighted by Crippen LogP contribution is 2.09. The monoisotopic (exact) mass is 269 g/mol. The average Bonchev–Trinajstić information content (AvgIpc) is 2.41. The van der Waals surface area contributed by atoms with Crippen LogP contribution in [0.25, 0.3) is 0 Å². The van der Waals surface area contributed by atoms with Crippen LogP contribution in [-0.4, -0.2) is 18.2 Å². The Hall–Kier alpha value is -0.860. The maximum Gasteiger partial charge on any atom is 0.219 e. The Morgan fingerprint density at radius 3 is 1.95 bits per heavy atom. The molecule has 0 unspecified atom stereocenters. The molecule has 0 aliphatic rings. The SMILES string of the molecule is CCCCNC(=O)CCCCCCCCC(=O)CC. The van der Waals surface area contributed by atoms with E-state index in [9.17, 15) is 9.59 Å². The van der Waals surface area contributed by atoms with E-state index in [4.69, 9.17) is 0 Å². The molecule has 0 aromatic heterocycles. The van der Waals surface area contributed by atoms with Gasteiger partial charge in [-0.3, -0.25) is 9.59 Å². The van der Waals surface area contributed by atoms with Gasteiger partial charge in [-0.2, -0.15) is 0 Å². The normalized spacial score (nSPS) is 10.4. The molecule has 0 saturated carbocycles. The minimum Gasteiger partial charge on any atom is -0.356 e. The first kappa shape index (κ1) is 18.1. The first-order valence-corrected chi connectivity index (χ1v) is 7.99. The van der Waals surface area contributed by atoms with Gasteiger partial charge in [-0.25, -0.2) is 0 Å². The van der Waals surface area contributed by atoms with Crippen molar-refractivity contribution < 1.29 is 9.59 Å². The molecule has 0 aromatic rings. The molecule has 0 rings (SSSR count). The maximum atomic E-state index is 11.4. The van der Waals surface area contributed by atoms with Crippen molar-refractivity contribution in [2.24, 2.45) is 0 Å². The van der Waals surface area contributed by atoms with Gasteiger partial charge in [0.25, 0.3) is 0 Å². The van der Waals surface area contributed by atoms with Gasteiger partial charge in [0.2, 0.25) is 5.91 Å². The average molecular weight is 269 g/mol. The molecule has 1 N–H and O–H groups in total. The second-order valence-electron chi connectivity index (χ2n) is 5.22. The summed E-state index contributed by atoms with van der Waals surface area (Å²) in [6.45, 7) is 4.87. The number of rotatable bonds is 13. The van der Waals surface area contributed by atoms with Gasteiger partial charge in [0.15, 0.2) is 0 Å². The van der Waals surface area contributed by atoms with E-state index in [-0.39, 0.29) is 5.91 Å². The summed E-state index contributed by atoms with van der Waals surface area (Å²) in [5, 5.41) is 2.94. The van der Waals surface area contributed by atoms with Gasteiger partial charge >= 0.3 is 0 Å². The number of Topliss-reactive ketones (excluding diaryl/α,β-unsaturated/α-hetero) is 1. The molecule has 0 atom stereocenters. The van der Waals surface area contributed by atoms with E-state index in [0.717, 1.165) is 51.5 Å². The van der Waals surface area contributed by atoms with Crippen molar-refractivity contribution >= 4 is 11.7 Å². The van der Waals surface area contributed by atoms with Crippen molar-refractivity contribution in [2.45, 2.75) is 84.5 Å². The molecule has 19 heavy (non-hydrogen) atoms. The fraction of sp³-hybridized carbons (Fsp3) is 0.875. The highest BCUT2D eigenvalue weighted by molar-refractivity contribution is 5.77. The van der Waals surface area contributed by atoms with Crippen molar-refractivity contribution in [1.29, 1.82) is 0 Å². The minimum atomic E-state index is 0.196. The molecule has 0 aromatic carbocycles. The number of hydrogen-bond donors (Lipinski definition) is 1. The van der Waals surface area contributed by atoms with Crippen LogP contribution in [-0.2, 0) is 9.59 Å². The van der Waals surface area contributed by atoms with Crippen LogP contribution in [0.2, 0.25) is 0 Å². The number of nitrogens with one attached hydrogen (secondary N) is 1. The van der Waals surface area contributed by atoms with Crippen molar-refractivity contribution in [3.05, 3.63) is 0 Å². The van der Waals surface area contributed by atoms with E-state index < -0.39 is 0 Å². The lowest BCUT2D eigenvalue weighted by atomic mass is 10.1. The van der Waals surface area contributed by atoms with Crippen molar-refractivity contribution in [3.8, 4) is 0 Å². The lowest BCUT2D eigenvalue weighted by molar-refractivity contribution is -0.121. The van der Waals surface area contributed by atoms with Crippen molar-refractivity contribution in [2.75, 3.05) is 6.54 Å². The molecule has 0 fully saturated rings. The van der Waals surface area contributed by atoms with E-state index in [2.05, 4.69) is 12.2 Å². The molecular formula is C16H31NO2. The maximum absolute atomic E-state index is 11.4. The van der Waals surface area contributed by atoms with Crippen molar-refractivity contribution in [3.63, 3.8) is 0 Å². The predicted octanol–water partition coefficient (Wildman–Crippen LogP) is 4.00. The second kappa shape index (κ2) is 13.6. The zero-order chi connectivity index (χ0) is 14.3. The van der Waals surface area contributed by atoms with Crippen LogP contribution in [0.5, 0.6) is 0 Å². The quantitative estimate of drug-likeness (QED) is 0.514. The summed E-state index contributed by atoms with van der Waals surface area (Å²) < 4.78 is 0. The number of unbranched alkanes of at least 4 members (excludes halogenated alkanes) is 6. The Balaban J connectivity index is 3.18. The van der Waals surface area contributed by atoms with Gasteiger partial charge in [0, 0.05) is 25.8 Å². The Morgan fingerprint density at radius 1 is 0.789 bits per heavy atom. The summed E-state index contributed by atoms with van der Waals surface area (Å²) in [5.41, 5.74) is 0. The molecule has 0 aliphatic heterocycles. The molecule has 0 aliphatic carbocycles. The Morgan fingerprint density at radius 2 is 1.37 bits per heavy atom. The van der Waals surface area contributed by atoms with Gasteiger partial charge in [0.1, 0.15) is 5.78 Å². The Labute approximate surface area is 118 Å². The number of carbonyl (C=O) groups excluding carboxylic acids is 2. The summed E-state index contributed by atoms with van der Waals surface area (Å²) in [6.07, 6.45) is 11.0. The highest BCUT2D eigenvalue weighted by atomic mass is 16.1. The Kier molecular flexibility index (Phi) is 13.0. The van der Waals surface area contributed by atoms with E-state index in [0.29, 0.717) is 18.6 Å². The lowest BCUT2D eigenvalue weighted by Crippen LogP contribution is -2.23. The van der Waals surface area contributed by atoms with Crippen LogP contribution in [0.15, 0.2) is 0 Å². The smallest absolute Gasteiger partial charge is 0.219 e. The fourth-order valence-corrected chi connectivity index (χ4v) is 1.98. The lowest BCUT2D eigenvalue weighted by Gasteiger charge is -2.04. The molecule has 0 heterocycles. The van der Waals surface area contributed by atoms with Gasteiger partial charge in [0.05, 0.1) is 0 Å². The number of hydrogen-bond acceptors (Lipinski definition) is 2. The topological polar surface area (TPSA) is 46.2 Å². The standard InChI is InChI=1S/C16H31NO2/c1-3-5-14-17-16(19)13-11-9-7-6-8-10-12-15(18)4-2/h3-14H2,1-2H3,(H,17,19). The molecule has 0 radical (unpaired) electrons. The van der Waals surface area contributed by atoms with Crippen LogP contribution in [0.3, 0.4) is 0 Å². The third kappa shape index (κ3) is 13.4. The van der Waals surface area contributed by atoms with Crippen molar-refractivity contribution in [1.82, 2.24) is 5.32 Å². The first-order chi connectivity index (χ1) is 9.20. The molecule has 0 spiro atoms. The zero-order valence-corrected chi connectivity index (χ0v) is 12.8. The van der Waals surface area contributed by atoms with Crippen LogP contribution in [0.4, 0.5) is 0 Å². The minimum absolute atomic E-state index is 0.196. The predicted molar refractivity (Wildman–Crippen MR) is 80.2 cm³/mol. The zero-order valence-electron chi connectivity index (χ0n) is 12.8. The first-order valence-electron chi connectivity index (χ1n) is 7.99. The summed E-state index contributed by atoms with van der Waals surface area (Å²) in [7, 11) is 0. The van der Waals surface area contributed by atoms with Gasteiger partial charge in [-0.05, 0) is 19.3 Å². The van der Waals surface area contributed by atoms with E-state index in [1.165, 1.54) is 12.8 Å². The van der Waals surface area contributed by atoms with Crippen LogP contribution in [0.1, 0.15) is 84.5 Å². The van der Waals surface area contributed by atoms with Crippen LogP contribution >= 0.6 is 0 Å². The van der Waals surface area contributed by atoms with Gasteiger partial charge < -0.3 is 5.32 Å². The Bertz CT molecular complexity index is 239. The molecular weight excluding hydrogens is 238 g/mol. The summed E-state index contributed by atoms with van der Waals surface area (Å²) in [4.78, 5) is 22.5. The summed E-state index contributed by atoms with van der Waals surface area (Å²) in [5.74, 6) is 0.575. The third-order valence-corrected chi connectivity index (χ3v) is 3.36. The third-order valence-electron chi connectivity index (χ3n) is 3.36. The number of ketones is 1. The number of amides is 1. The van der Waals surface area contributed by atoms with E-state index in [1.807, 2.05) is 6.92 Å². The highest BCUT2D eigenvalue weighted by Gasteiger charge is 2.00. The summed E-state index contributed by atoms with van der Waals surface area (Å²) >= 11 is 0. The molecule has 0 saturated heterocycles. The van der Waals surface area contributed by atoms with Crippen LogP contribution in [0, 0.1) is 0 Å². The molecule has 0 bridgehead atoms. The van der Waals surface area contributed by atoms with E-state index >= 15 is 0 Å². The van der Waals surface area contributed by atoms with E-state index in [1.54, 1.807) is 0 Å². The van der Waals surface area contributed by atoms with Crippen LogP contribution < -0.4 is 5.32 Å². The number of carbonyl (C=O) groups is 2. The summed E-state index contributed by atoms with van der Waals surface area (Å²) in [6, 6.07) is 0. The fourth-order valence-electron chi connectivity index (χ4n) is 1.98.